The van der Waals surface area contributed by atoms with Crippen LogP contribution in [0, 0.1) is 11.6 Å². The third kappa shape index (κ3) is 3.53. The van der Waals surface area contributed by atoms with E-state index in [9.17, 15) is 13.6 Å². The number of furan rings is 1. The van der Waals surface area contributed by atoms with Crippen LogP contribution in [0.25, 0.3) is 11.1 Å². The summed E-state index contributed by atoms with van der Waals surface area (Å²) in [5.74, 6) is -1.62. The number of carbonyl (C=O) groups is 1. The van der Waals surface area contributed by atoms with E-state index < -0.39 is 11.6 Å². The summed E-state index contributed by atoms with van der Waals surface area (Å²) in [5, 5.41) is 2.86. The topological polar surface area (TPSA) is 47.2 Å². The van der Waals surface area contributed by atoms with Crippen LogP contribution in [0.2, 0.25) is 0 Å². The molecule has 2 heterocycles. The Morgan fingerprint density at radius 1 is 1.00 bits per heavy atom. The molecule has 0 aliphatic rings. The van der Waals surface area contributed by atoms with Crippen LogP contribution in [0.3, 0.4) is 0 Å². The van der Waals surface area contributed by atoms with E-state index in [1.54, 1.807) is 16.7 Å². The molecule has 142 valence electrons. The van der Waals surface area contributed by atoms with Crippen LogP contribution in [-0.4, -0.2) is 17.0 Å². The maximum Gasteiger partial charge on any atom is 0.268 e. The molecule has 1 N–H and O–H groups in total. The number of nitrogens with zero attached hydrogens (tertiary/aromatic N) is 1. The Morgan fingerprint density at radius 3 is 2.50 bits per heavy atom. The van der Waals surface area contributed by atoms with Gasteiger partial charge < -0.3 is 14.3 Å². The zero-order valence-electron chi connectivity index (χ0n) is 15.0. The molecule has 0 radical (unpaired) electrons. The van der Waals surface area contributed by atoms with Gasteiger partial charge in [0.25, 0.3) is 5.91 Å². The molecule has 1 amide bonds. The fourth-order valence-corrected chi connectivity index (χ4v) is 3.23. The molecule has 4 nitrogen and oxygen atoms in total. The van der Waals surface area contributed by atoms with E-state index in [4.69, 9.17) is 4.42 Å². The molecule has 4 aromatic rings. The van der Waals surface area contributed by atoms with Crippen LogP contribution >= 0.6 is 0 Å². The predicted octanol–water partition coefficient (Wildman–Crippen LogP) is 4.53. The van der Waals surface area contributed by atoms with Gasteiger partial charge in [0.1, 0.15) is 17.3 Å². The van der Waals surface area contributed by atoms with Crippen LogP contribution in [0.1, 0.15) is 21.6 Å². The van der Waals surface area contributed by atoms with Crippen molar-refractivity contribution >= 4 is 17.0 Å². The van der Waals surface area contributed by atoms with Crippen molar-refractivity contribution in [3.63, 3.8) is 0 Å². The summed E-state index contributed by atoms with van der Waals surface area (Å²) in [6.07, 6.45) is 2.17. The number of rotatable bonds is 6. The first-order chi connectivity index (χ1) is 13.6. The van der Waals surface area contributed by atoms with Crippen LogP contribution < -0.4 is 5.32 Å². The lowest BCUT2D eigenvalue weighted by molar-refractivity contribution is 0.0945. The third-order valence-electron chi connectivity index (χ3n) is 4.68. The number of nitrogens with one attached hydrogen (secondary N) is 1. The molecule has 0 fully saturated rings. The summed E-state index contributed by atoms with van der Waals surface area (Å²) in [5.41, 5.74) is 2.41. The molecule has 0 aliphatic heterocycles. The third-order valence-corrected chi connectivity index (χ3v) is 4.68. The molecule has 0 atom stereocenters. The van der Waals surface area contributed by atoms with E-state index in [1.807, 2.05) is 30.3 Å². The average molecular weight is 380 g/mol. The molecule has 2 aromatic heterocycles. The van der Waals surface area contributed by atoms with Gasteiger partial charge in [-0.25, -0.2) is 8.78 Å². The molecule has 0 bridgehead atoms. The molecule has 0 saturated carbocycles. The highest BCUT2D eigenvalue weighted by atomic mass is 19.1. The first-order valence-electron chi connectivity index (χ1n) is 8.95. The van der Waals surface area contributed by atoms with Crippen molar-refractivity contribution < 1.29 is 18.0 Å². The number of benzene rings is 2. The van der Waals surface area contributed by atoms with Gasteiger partial charge in [0.15, 0.2) is 5.58 Å². The second-order valence-corrected chi connectivity index (χ2v) is 6.48. The van der Waals surface area contributed by atoms with Gasteiger partial charge in [-0.15, -0.1) is 0 Å². The Hall–Kier alpha value is -3.41. The summed E-state index contributed by atoms with van der Waals surface area (Å²) < 4.78 is 35.2. The van der Waals surface area contributed by atoms with E-state index in [0.29, 0.717) is 29.8 Å². The van der Waals surface area contributed by atoms with E-state index in [2.05, 4.69) is 5.32 Å². The maximum absolute atomic E-state index is 14.1. The lowest BCUT2D eigenvalue weighted by Crippen LogP contribution is -2.28. The highest BCUT2D eigenvalue weighted by molar-refractivity contribution is 5.97. The Labute approximate surface area is 160 Å². The highest BCUT2D eigenvalue weighted by Gasteiger charge is 2.20. The summed E-state index contributed by atoms with van der Waals surface area (Å²) >= 11 is 0. The van der Waals surface area contributed by atoms with E-state index >= 15 is 0 Å². The molecule has 0 unspecified atom stereocenters. The summed E-state index contributed by atoms with van der Waals surface area (Å²) in [6.45, 7) is 0.340. The normalized spacial score (nSPS) is 11.1. The molecule has 0 saturated heterocycles. The highest BCUT2D eigenvalue weighted by Crippen LogP contribution is 2.24. The summed E-state index contributed by atoms with van der Waals surface area (Å²) in [4.78, 5) is 12.7. The van der Waals surface area contributed by atoms with Crippen molar-refractivity contribution in [1.29, 1.82) is 0 Å². The van der Waals surface area contributed by atoms with Gasteiger partial charge >= 0.3 is 0 Å². The second-order valence-electron chi connectivity index (χ2n) is 6.48. The predicted molar refractivity (Wildman–Crippen MR) is 102 cm³/mol. The van der Waals surface area contributed by atoms with E-state index in [0.717, 1.165) is 5.56 Å². The number of carbonyl (C=O) groups excluding carboxylic acids is 1. The summed E-state index contributed by atoms with van der Waals surface area (Å²) in [6, 6.07) is 16.8. The van der Waals surface area contributed by atoms with Crippen molar-refractivity contribution in [2.75, 3.05) is 6.54 Å². The van der Waals surface area contributed by atoms with Crippen LogP contribution in [-0.2, 0) is 13.0 Å². The minimum atomic E-state index is -0.652. The minimum absolute atomic E-state index is 0.0977. The molecular formula is C22H18F2N2O2. The fourth-order valence-electron chi connectivity index (χ4n) is 3.23. The molecule has 0 aliphatic carbocycles. The number of amides is 1. The van der Waals surface area contributed by atoms with Crippen molar-refractivity contribution in [3.05, 3.63) is 95.4 Å². The Kier molecular flexibility index (Phi) is 4.93. The maximum atomic E-state index is 14.1. The van der Waals surface area contributed by atoms with Crippen molar-refractivity contribution in [2.24, 2.45) is 0 Å². The standard InChI is InChI=1S/C22H18F2N2O2/c23-17-7-4-8-18(24)16(17)14-26-19-10-12-28-21(19)13-20(26)22(27)25-11-9-15-5-2-1-3-6-15/h1-8,10,12-13H,9,11,14H2,(H,25,27). The summed E-state index contributed by atoms with van der Waals surface area (Å²) in [7, 11) is 0. The fraction of sp³-hybridized carbons (Fsp3) is 0.136. The number of hydrogen-bond acceptors (Lipinski definition) is 2. The Morgan fingerprint density at radius 2 is 1.75 bits per heavy atom. The molecule has 28 heavy (non-hydrogen) atoms. The monoisotopic (exact) mass is 380 g/mol. The van der Waals surface area contributed by atoms with E-state index in [1.165, 1.54) is 24.5 Å². The Bertz CT molecular complexity index is 1100. The minimum Gasteiger partial charge on any atom is -0.463 e. The van der Waals surface area contributed by atoms with Crippen molar-refractivity contribution in [1.82, 2.24) is 9.88 Å². The van der Waals surface area contributed by atoms with Gasteiger partial charge in [0.05, 0.1) is 18.3 Å². The van der Waals surface area contributed by atoms with Crippen molar-refractivity contribution in [3.8, 4) is 0 Å². The Balaban J connectivity index is 1.58. The molecule has 2 aromatic carbocycles. The largest absolute Gasteiger partial charge is 0.463 e. The number of fused-ring (bicyclic) bond motifs is 1. The lowest BCUT2D eigenvalue weighted by Gasteiger charge is -2.12. The van der Waals surface area contributed by atoms with Gasteiger partial charge in [0.2, 0.25) is 0 Å². The lowest BCUT2D eigenvalue weighted by atomic mass is 10.1. The number of halogens is 2. The zero-order chi connectivity index (χ0) is 19.5. The molecular weight excluding hydrogens is 362 g/mol. The van der Waals surface area contributed by atoms with Gasteiger partial charge in [-0.2, -0.15) is 0 Å². The SMILES string of the molecule is O=C(NCCc1ccccc1)c1cc2occc2n1Cc1c(F)cccc1F. The van der Waals surface area contributed by atoms with Crippen LogP contribution in [0.15, 0.2) is 71.3 Å². The number of hydrogen-bond donors (Lipinski definition) is 1. The zero-order valence-corrected chi connectivity index (χ0v) is 15.0. The van der Waals surface area contributed by atoms with Crippen LogP contribution in [0.4, 0.5) is 8.78 Å². The first kappa shape index (κ1) is 18.0. The van der Waals surface area contributed by atoms with Gasteiger partial charge in [-0.3, -0.25) is 4.79 Å². The smallest absolute Gasteiger partial charge is 0.268 e. The van der Waals surface area contributed by atoms with Gasteiger partial charge in [-0.05, 0) is 24.1 Å². The average Bonchev–Trinajstić information content (AvgIpc) is 3.28. The molecule has 0 spiro atoms. The van der Waals surface area contributed by atoms with Gasteiger partial charge in [-0.1, -0.05) is 36.4 Å². The van der Waals surface area contributed by atoms with Crippen molar-refractivity contribution in [2.45, 2.75) is 13.0 Å². The molecule has 4 rings (SSSR count). The van der Waals surface area contributed by atoms with Crippen LogP contribution in [0.5, 0.6) is 0 Å². The van der Waals surface area contributed by atoms with E-state index in [-0.39, 0.29) is 18.0 Å². The first-order valence-corrected chi connectivity index (χ1v) is 8.95. The quantitative estimate of drug-likeness (QED) is 0.534. The second kappa shape index (κ2) is 7.68. The van der Waals surface area contributed by atoms with Gasteiger partial charge in [0, 0.05) is 24.2 Å². The number of aromatic nitrogens is 1. The molecule has 6 heteroatoms.